The van der Waals surface area contributed by atoms with Gasteiger partial charge in [-0.05, 0) is 13.0 Å². The molecule has 0 bridgehead atoms. The van der Waals surface area contributed by atoms with Crippen molar-refractivity contribution in [3.8, 4) is 0 Å². The van der Waals surface area contributed by atoms with Crippen molar-refractivity contribution in [2.24, 2.45) is 11.5 Å². The number of rotatable bonds is 1. The van der Waals surface area contributed by atoms with E-state index in [9.17, 15) is 0 Å². The Morgan fingerprint density at radius 2 is 1.92 bits per heavy atom. The van der Waals surface area contributed by atoms with Crippen LogP contribution in [0.25, 0.3) is 0 Å². The van der Waals surface area contributed by atoms with Crippen LogP contribution in [0, 0.1) is 10.8 Å². The number of guanidine groups is 2. The van der Waals surface area contributed by atoms with Gasteiger partial charge in [0.05, 0.1) is 6.04 Å². The lowest BCUT2D eigenvalue weighted by atomic mass is 10.2. The number of nitrogens with two attached hydrogens (primary N) is 2. The maximum absolute atomic E-state index is 7.20. The first-order valence-electron chi connectivity index (χ1n) is 3.81. The van der Waals surface area contributed by atoms with Crippen molar-refractivity contribution < 1.29 is 0 Å². The van der Waals surface area contributed by atoms with Crippen LogP contribution >= 0.6 is 0 Å². The van der Waals surface area contributed by atoms with E-state index in [0.29, 0.717) is 0 Å². The fraction of sp³-hybridized carbons (Fsp3) is 0.667. The van der Waals surface area contributed by atoms with Gasteiger partial charge in [-0.15, -0.1) is 0 Å². The van der Waals surface area contributed by atoms with E-state index in [2.05, 4.69) is 5.32 Å². The third kappa shape index (κ3) is 1.65. The molecule has 0 amide bonds. The van der Waals surface area contributed by atoms with E-state index >= 15 is 0 Å². The number of nitrogens with zero attached hydrogens (tertiary/aromatic N) is 1. The molecule has 0 saturated carbocycles. The standard InChI is InChI=1S/C6H14N6/c7-5(8)12(6(9)10)4-1-2-11-3-4/h4,11H,1-3H2,(H3,7,8)(H3,9,10). The minimum absolute atomic E-state index is 0.0694. The van der Waals surface area contributed by atoms with E-state index in [1.165, 1.54) is 4.90 Å². The molecule has 6 nitrogen and oxygen atoms in total. The lowest BCUT2D eigenvalue weighted by molar-refractivity contribution is 0.450. The molecule has 68 valence electrons. The molecule has 1 saturated heterocycles. The summed E-state index contributed by atoms with van der Waals surface area (Å²) in [5.41, 5.74) is 10.6. The summed E-state index contributed by atoms with van der Waals surface area (Å²) < 4.78 is 0. The fourth-order valence-electron chi connectivity index (χ4n) is 1.38. The summed E-state index contributed by atoms with van der Waals surface area (Å²) in [7, 11) is 0. The summed E-state index contributed by atoms with van der Waals surface area (Å²) in [4.78, 5) is 1.33. The highest BCUT2D eigenvalue weighted by Crippen LogP contribution is 2.06. The molecule has 7 N–H and O–H groups in total. The predicted octanol–water partition coefficient (Wildman–Crippen LogP) is -1.56. The van der Waals surface area contributed by atoms with E-state index in [-0.39, 0.29) is 18.0 Å². The second-order valence-electron chi connectivity index (χ2n) is 2.79. The Hall–Kier alpha value is -1.30. The van der Waals surface area contributed by atoms with Crippen LogP contribution in [0.2, 0.25) is 0 Å². The van der Waals surface area contributed by atoms with Gasteiger partial charge in [-0.1, -0.05) is 0 Å². The van der Waals surface area contributed by atoms with Crippen molar-refractivity contribution in [3.05, 3.63) is 0 Å². The van der Waals surface area contributed by atoms with Crippen LogP contribution in [0.15, 0.2) is 0 Å². The Morgan fingerprint density at radius 3 is 2.25 bits per heavy atom. The first-order chi connectivity index (χ1) is 5.63. The first-order valence-corrected chi connectivity index (χ1v) is 3.81. The van der Waals surface area contributed by atoms with Crippen molar-refractivity contribution in [2.75, 3.05) is 13.1 Å². The van der Waals surface area contributed by atoms with E-state index in [1.54, 1.807) is 0 Å². The second kappa shape index (κ2) is 3.40. The van der Waals surface area contributed by atoms with Gasteiger partial charge in [-0.25, -0.2) is 0 Å². The van der Waals surface area contributed by atoms with Gasteiger partial charge in [-0.2, -0.15) is 0 Å². The maximum Gasteiger partial charge on any atom is 0.195 e. The van der Waals surface area contributed by atoms with Crippen molar-refractivity contribution in [2.45, 2.75) is 12.5 Å². The molecule has 0 aromatic carbocycles. The van der Waals surface area contributed by atoms with Crippen molar-refractivity contribution in [1.29, 1.82) is 10.8 Å². The molecular weight excluding hydrogens is 156 g/mol. The first kappa shape index (κ1) is 8.79. The van der Waals surface area contributed by atoms with Gasteiger partial charge in [0.15, 0.2) is 11.9 Å². The average molecular weight is 170 g/mol. The van der Waals surface area contributed by atoms with Gasteiger partial charge < -0.3 is 16.8 Å². The molecule has 1 fully saturated rings. The van der Waals surface area contributed by atoms with Crippen LogP contribution in [0.4, 0.5) is 0 Å². The molecule has 1 rings (SSSR count). The fourth-order valence-corrected chi connectivity index (χ4v) is 1.38. The van der Waals surface area contributed by atoms with Gasteiger partial charge in [-0.3, -0.25) is 15.7 Å². The number of hydrogen-bond donors (Lipinski definition) is 5. The van der Waals surface area contributed by atoms with Crippen LogP contribution < -0.4 is 16.8 Å². The summed E-state index contributed by atoms with van der Waals surface area (Å²) >= 11 is 0. The van der Waals surface area contributed by atoms with Gasteiger partial charge in [0.1, 0.15) is 0 Å². The van der Waals surface area contributed by atoms with E-state index in [4.69, 9.17) is 22.3 Å². The SMILES string of the molecule is N=C(N)N(C(=N)N)C1CCNC1. The largest absolute Gasteiger partial charge is 0.370 e. The molecule has 1 heterocycles. The van der Waals surface area contributed by atoms with E-state index in [0.717, 1.165) is 19.5 Å². The maximum atomic E-state index is 7.20. The van der Waals surface area contributed by atoms with E-state index in [1.807, 2.05) is 0 Å². The molecule has 6 heteroatoms. The molecule has 1 aliphatic heterocycles. The molecule has 1 atom stereocenters. The minimum atomic E-state index is -0.156. The zero-order chi connectivity index (χ0) is 9.14. The topological polar surface area (TPSA) is 115 Å². The highest BCUT2D eigenvalue weighted by molar-refractivity contribution is 5.94. The lowest BCUT2D eigenvalue weighted by Gasteiger charge is -2.26. The second-order valence-corrected chi connectivity index (χ2v) is 2.79. The minimum Gasteiger partial charge on any atom is -0.370 e. The normalized spacial score (nSPS) is 22.2. The summed E-state index contributed by atoms with van der Waals surface area (Å²) in [5.74, 6) is -0.313. The highest BCUT2D eigenvalue weighted by Gasteiger charge is 2.25. The molecular formula is C6H14N6. The highest BCUT2D eigenvalue weighted by atomic mass is 15.3. The molecule has 0 aromatic rings. The van der Waals surface area contributed by atoms with Gasteiger partial charge in [0.25, 0.3) is 0 Å². The van der Waals surface area contributed by atoms with Crippen molar-refractivity contribution in [1.82, 2.24) is 10.2 Å². The van der Waals surface area contributed by atoms with Gasteiger partial charge in [0.2, 0.25) is 0 Å². The molecule has 12 heavy (non-hydrogen) atoms. The zero-order valence-corrected chi connectivity index (χ0v) is 6.80. The van der Waals surface area contributed by atoms with Gasteiger partial charge >= 0.3 is 0 Å². The molecule has 0 aromatic heterocycles. The predicted molar refractivity (Wildman–Crippen MR) is 46.9 cm³/mol. The van der Waals surface area contributed by atoms with Crippen LogP contribution in [0.3, 0.4) is 0 Å². The Bertz CT molecular complexity index is 180. The monoisotopic (exact) mass is 170 g/mol. The average Bonchev–Trinajstić information content (AvgIpc) is 2.37. The van der Waals surface area contributed by atoms with Crippen molar-refractivity contribution in [3.63, 3.8) is 0 Å². The summed E-state index contributed by atoms with van der Waals surface area (Å²) in [5, 5.41) is 17.5. The van der Waals surface area contributed by atoms with Crippen LogP contribution in [-0.4, -0.2) is 36.0 Å². The molecule has 1 unspecified atom stereocenters. The Morgan fingerprint density at radius 1 is 1.33 bits per heavy atom. The Labute approximate surface area is 70.9 Å². The molecule has 0 aliphatic carbocycles. The third-order valence-corrected chi connectivity index (χ3v) is 1.92. The zero-order valence-electron chi connectivity index (χ0n) is 6.80. The van der Waals surface area contributed by atoms with Crippen molar-refractivity contribution >= 4 is 11.9 Å². The number of hydrogen-bond acceptors (Lipinski definition) is 3. The molecule has 0 spiro atoms. The lowest BCUT2D eigenvalue weighted by Crippen LogP contribution is -2.51. The summed E-state index contributed by atoms with van der Waals surface area (Å²) in [6.07, 6.45) is 0.874. The molecule has 1 aliphatic rings. The number of nitrogens with one attached hydrogen (secondary N) is 3. The molecule has 0 radical (unpaired) electrons. The quantitative estimate of drug-likeness (QED) is 0.242. The Kier molecular flexibility index (Phi) is 2.49. The van der Waals surface area contributed by atoms with Crippen LogP contribution in [0.5, 0.6) is 0 Å². The third-order valence-electron chi connectivity index (χ3n) is 1.92. The Balaban J connectivity index is 2.64. The summed E-state index contributed by atoms with van der Waals surface area (Å²) in [6, 6.07) is 0.0694. The van der Waals surface area contributed by atoms with Crippen LogP contribution in [-0.2, 0) is 0 Å². The smallest absolute Gasteiger partial charge is 0.195 e. The summed E-state index contributed by atoms with van der Waals surface area (Å²) in [6.45, 7) is 1.63. The van der Waals surface area contributed by atoms with E-state index < -0.39 is 0 Å². The van der Waals surface area contributed by atoms with Crippen LogP contribution in [0.1, 0.15) is 6.42 Å². The van der Waals surface area contributed by atoms with Gasteiger partial charge in [0, 0.05) is 6.54 Å².